The van der Waals surface area contributed by atoms with Gasteiger partial charge in [-0.25, -0.2) is 0 Å². The molecule has 18 heavy (non-hydrogen) atoms. The van der Waals surface area contributed by atoms with Crippen molar-refractivity contribution >= 4 is 15.9 Å². The number of hydrogen-bond donors (Lipinski definition) is 1. The lowest BCUT2D eigenvalue weighted by molar-refractivity contribution is 0.111. The molecule has 0 bridgehead atoms. The van der Waals surface area contributed by atoms with E-state index in [2.05, 4.69) is 41.2 Å². The van der Waals surface area contributed by atoms with E-state index in [9.17, 15) is 0 Å². The number of nitrogens with one attached hydrogen (secondary N) is 1. The summed E-state index contributed by atoms with van der Waals surface area (Å²) in [5, 5.41) is 3.35. The van der Waals surface area contributed by atoms with E-state index in [1.54, 1.807) is 7.11 Å². The van der Waals surface area contributed by atoms with Crippen LogP contribution in [-0.4, -0.2) is 26.9 Å². The molecule has 1 aromatic carbocycles. The molecule has 0 aliphatic heterocycles. The second-order valence-electron chi connectivity index (χ2n) is 4.60. The summed E-state index contributed by atoms with van der Waals surface area (Å²) >= 11 is 3.47. The van der Waals surface area contributed by atoms with Crippen molar-refractivity contribution in [2.24, 2.45) is 5.92 Å². The normalized spacial score (nSPS) is 10.9. The molecule has 3 nitrogen and oxygen atoms in total. The van der Waals surface area contributed by atoms with Gasteiger partial charge in [-0.1, -0.05) is 29.8 Å². The van der Waals surface area contributed by atoms with Crippen LogP contribution in [0.4, 0.5) is 0 Å². The highest BCUT2D eigenvalue weighted by atomic mass is 79.9. The summed E-state index contributed by atoms with van der Waals surface area (Å²) in [4.78, 5) is 0. The Morgan fingerprint density at radius 2 is 2.11 bits per heavy atom. The highest BCUT2D eigenvalue weighted by molar-refractivity contribution is 9.10. The van der Waals surface area contributed by atoms with Gasteiger partial charge in [-0.05, 0) is 24.1 Å². The minimum atomic E-state index is 0.593. The van der Waals surface area contributed by atoms with Crippen LogP contribution in [0.2, 0.25) is 0 Å². The van der Waals surface area contributed by atoms with Crippen LogP contribution in [0.3, 0.4) is 0 Å². The Hall–Kier alpha value is -0.580. The monoisotopic (exact) mass is 315 g/mol. The molecule has 0 aromatic heterocycles. The second kappa shape index (κ2) is 8.51. The van der Waals surface area contributed by atoms with Gasteiger partial charge in [0.25, 0.3) is 0 Å². The third-order valence-electron chi connectivity index (χ3n) is 2.43. The van der Waals surface area contributed by atoms with Gasteiger partial charge in [-0.15, -0.1) is 0 Å². The van der Waals surface area contributed by atoms with Gasteiger partial charge in [0.05, 0.1) is 13.7 Å². The van der Waals surface area contributed by atoms with E-state index >= 15 is 0 Å². The van der Waals surface area contributed by atoms with E-state index in [0.29, 0.717) is 5.92 Å². The predicted molar refractivity (Wildman–Crippen MR) is 78.1 cm³/mol. The molecule has 0 spiro atoms. The van der Waals surface area contributed by atoms with E-state index in [1.165, 1.54) is 0 Å². The zero-order chi connectivity index (χ0) is 13.4. The third kappa shape index (κ3) is 5.85. The molecule has 0 aliphatic carbocycles. The van der Waals surface area contributed by atoms with Crippen molar-refractivity contribution in [1.82, 2.24) is 5.32 Å². The zero-order valence-electron chi connectivity index (χ0n) is 11.3. The van der Waals surface area contributed by atoms with Gasteiger partial charge in [0, 0.05) is 29.7 Å². The van der Waals surface area contributed by atoms with E-state index in [0.717, 1.165) is 42.1 Å². The molecule has 0 atom stereocenters. The summed E-state index contributed by atoms with van der Waals surface area (Å²) in [6.07, 6.45) is 0. The molecule has 0 heterocycles. The van der Waals surface area contributed by atoms with E-state index in [4.69, 9.17) is 9.47 Å². The minimum Gasteiger partial charge on any atom is -0.496 e. The summed E-state index contributed by atoms with van der Waals surface area (Å²) in [7, 11) is 1.69. The first kappa shape index (κ1) is 15.5. The summed E-state index contributed by atoms with van der Waals surface area (Å²) in [6, 6.07) is 6.02. The first-order valence-electron chi connectivity index (χ1n) is 6.24. The van der Waals surface area contributed by atoms with E-state index < -0.39 is 0 Å². The van der Waals surface area contributed by atoms with Gasteiger partial charge >= 0.3 is 0 Å². The molecule has 0 fully saturated rings. The van der Waals surface area contributed by atoms with Crippen molar-refractivity contribution in [2.45, 2.75) is 20.4 Å². The number of hydrogen-bond acceptors (Lipinski definition) is 3. The molecule has 0 unspecified atom stereocenters. The Bertz CT molecular complexity index is 356. The Balaban J connectivity index is 2.28. The van der Waals surface area contributed by atoms with Crippen molar-refractivity contribution in [3.63, 3.8) is 0 Å². The van der Waals surface area contributed by atoms with Crippen LogP contribution in [0.5, 0.6) is 5.75 Å². The molecule has 1 aromatic rings. The van der Waals surface area contributed by atoms with Crippen LogP contribution in [0.1, 0.15) is 19.4 Å². The summed E-state index contributed by atoms with van der Waals surface area (Å²) in [6.45, 7) is 7.51. The molecule has 1 N–H and O–H groups in total. The summed E-state index contributed by atoms with van der Waals surface area (Å²) in [5.74, 6) is 1.50. The van der Waals surface area contributed by atoms with Crippen molar-refractivity contribution < 1.29 is 9.47 Å². The van der Waals surface area contributed by atoms with Crippen LogP contribution in [-0.2, 0) is 11.3 Å². The summed E-state index contributed by atoms with van der Waals surface area (Å²) in [5.41, 5.74) is 1.15. The van der Waals surface area contributed by atoms with Crippen molar-refractivity contribution in [2.75, 3.05) is 26.9 Å². The fourth-order valence-corrected chi connectivity index (χ4v) is 1.98. The fraction of sp³-hybridized carbons (Fsp3) is 0.571. The minimum absolute atomic E-state index is 0.593. The average molecular weight is 316 g/mol. The zero-order valence-corrected chi connectivity index (χ0v) is 12.9. The first-order valence-corrected chi connectivity index (χ1v) is 7.03. The lowest BCUT2D eigenvalue weighted by Crippen LogP contribution is -2.20. The quantitative estimate of drug-likeness (QED) is 0.747. The van der Waals surface area contributed by atoms with Gasteiger partial charge in [-0.3, -0.25) is 0 Å². The van der Waals surface area contributed by atoms with E-state index in [-0.39, 0.29) is 0 Å². The van der Waals surface area contributed by atoms with Gasteiger partial charge in [0.1, 0.15) is 5.75 Å². The average Bonchev–Trinajstić information content (AvgIpc) is 2.33. The second-order valence-corrected chi connectivity index (χ2v) is 5.52. The van der Waals surface area contributed by atoms with Crippen LogP contribution >= 0.6 is 15.9 Å². The smallest absolute Gasteiger partial charge is 0.123 e. The number of benzene rings is 1. The van der Waals surface area contributed by atoms with Crippen LogP contribution in [0.15, 0.2) is 22.7 Å². The fourth-order valence-electron chi connectivity index (χ4n) is 1.57. The van der Waals surface area contributed by atoms with Crippen molar-refractivity contribution in [3.8, 4) is 5.75 Å². The number of ether oxygens (including phenoxy) is 2. The van der Waals surface area contributed by atoms with Gasteiger partial charge in [0.15, 0.2) is 0 Å². The SMILES string of the molecule is COc1ccc(Br)cc1CNCCOCC(C)C. The Morgan fingerprint density at radius 3 is 2.78 bits per heavy atom. The maximum Gasteiger partial charge on any atom is 0.123 e. The molecule has 1 rings (SSSR count). The molecule has 0 saturated heterocycles. The molecular formula is C14H22BrNO2. The Morgan fingerprint density at radius 1 is 1.33 bits per heavy atom. The number of methoxy groups -OCH3 is 1. The third-order valence-corrected chi connectivity index (χ3v) is 2.93. The van der Waals surface area contributed by atoms with Gasteiger partial charge in [0.2, 0.25) is 0 Å². The molecule has 0 amide bonds. The molecule has 0 radical (unpaired) electrons. The number of rotatable bonds is 8. The van der Waals surface area contributed by atoms with Crippen LogP contribution in [0.25, 0.3) is 0 Å². The maximum atomic E-state index is 5.51. The standard InChI is InChI=1S/C14H22BrNO2/c1-11(2)10-18-7-6-16-9-12-8-13(15)4-5-14(12)17-3/h4-5,8,11,16H,6-7,9-10H2,1-3H3. The highest BCUT2D eigenvalue weighted by Crippen LogP contribution is 2.22. The maximum absolute atomic E-state index is 5.51. The lowest BCUT2D eigenvalue weighted by atomic mass is 10.2. The topological polar surface area (TPSA) is 30.5 Å². The molecule has 102 valence electrons. The van der Waals surface area contributed by atoms with Crippen molar-refractivity contribution in [1.29, 1.82) is 0 Å². The van der Waals surface area contributed by atoms with Crippen LogP contribution < -0.4 is 10.1 Å². The van der Waals surface area contributed by atoms with Gasteiger partial charge < -0.3 is 14.8 Å². The Labute approximate surface area is 118 Å². The summed E-state index contributed by atoms with van der Waals surface area (Å²) < 4.78 is 11.9. The van der Waals surface area contributed by atoms with E-state index in [1.807, 2.05) is 12.1 Å². The largest absolute Gasteiger partial charge is 0.496 e. The first-order chi connectivity index (χ1) is 8.63. The highest BCUT2D eigenvalue weighted by Gasteiger charge is 2.03. The molecule has 0 aliphatic rings. The Kier molecular flexibility index (Phi) is 7.32. The number of halogens is 1. The molecule has 4 heteroatoms. The van der Waals surface area contributed by atoms with Gasteiger partial charge in [-0.2, -0.15) is 0 Å². The van der Waals surface area contributed by atoms with Crippen LogP contribution in [0, 0.1) is 5.92 Å². The molecular weight excluding hydrogens is 294 g/mol. The van der Waals surface area contributed by atoms with Crippen molar-refractivity contribution in [3.05, 3.63) is 28.2 Å². The lowest BCUT2D eigenvalue weighted by Gasteiger charge is -2.11. The molecule has 0 saturated carbocycles. The predicted octanol–water partition coefficient (Wildman–Crippen LogP) is 3.22.